The Balaban J connectivity index is 0.00000243. The molecule has 1 aromatic carbocycles. The van der Waals surface area contributed by atoms with Gasteiger partial charge in [-0.25, -0.2) is 9.78 Å². The molecular formula is C18H21LiN2O4S. The van der Waals surface area contributed by atoms with Gasteiger partial charge in [-0.3, -0.25) is 0 Å². The molecule has 0 N–H and O–H groups in total. The van der Waals surface area contributed by atoms with E-state index in [0.29, 0.717) is 18.6 Å². The van der Waals surface area contributed by atoms with Gasteiger partial charge in [0.2, 0.25) is 0 Å². The number of benzene rings is 1. The van der Waals surface area contributed by atoms with E-state index in [4.69, 9.17) is 4.74 Å². The number of hydrogen-bond acceptors (Lipinski definition) is 6. The van der Waals surface area contributed by atoms with Crippen LogP contribution in [0.2, 0.25) is 0 Å². The van der Waals surface area contributed by atoms with Crippen molar-refractivity contribution in [3.63, 3.8) is 0 Å². The first-order valence-corrected chi connectivity index (χ1v) is 9.14. The number of fused-ring (bicyclic) bond motifs is 1. The van der Waals surface area contributed by atoms with Crippen LogP contribution in [0.5, 0.6) is 0 Å². The number of ether oxygens (including phenoxy) is 1. The van der Waals surface area contributed by atoms with Gasteiger partial charge in [0.1, 0.15) is 5.60 Å². The monoisotopic (exact) mass is 368 g/mol. The molecule has 2 heterocycles. The summed E-state index contributed by atoms with van der Waals surface area (Å²) in [4.78, 5) is 29.4. The zero-order chi connectivity index (χ0) is 18.2. The first-order valence-electron chi connectivity index (χ1n) is 8.33. The molecule has 1 aliphatic rings. The minimum atomic E-state index is -1.19. The summed E-state index contributed by atoms with van der Waals surface area (Å²) in [5.74, 6) is -0.912. The molecule has 3 rings (SSSR count). The number of amides is 1. The molecule has 0 unspecified atom stereocenters. The molecule has 0 aliphatic carbocycles. The van der Waals surface area contributed by atoms with E-state index in [0.717, 1.165) is 22.5 Å². The standard InChI is InChI=1S/C18H22N2O4S.Li/c1-18(2,3)24-17(23)20-8-6-11(7-9-20)15-19-13-10-12(16(21)22)4-5-14(13)25-15;/h4-5,10-11H,6-9H2,1-3H3,(H,21,22);/q;+1/p-1. The zero-order valence-electron chi connectivity index (χ0n) is 15.6. The minimum absolute atomic E-state index is 0. The van der Waals surface area contributed by atoms with Crippen molar-refractivity contribution in [2.24, 2.45) is 0 Å². The van der Waals surface area contributed by atoms with Gasteiger partial charge in [-0.2, -0.15) is 0 Å². The van der Waals surface area contributed by atoms with Crippen molar-refractivity contribution in [3.8, 4) is 0 Å². The maximum Gasteiger partial charge on any atom is 1.00 e. The van der Waals surface area contributed by atoms with Gasteiger partial charge in [0.15, 0.2) is 0 Å². The maximum atomic E-state index is 12.1. The molecule has 1 amide bonds. The second kappa shape index (κ2) is 7.99. The summed E-state index contributed by atoms with van der Waals surface area (Å²) < 4.78 is 6.38. The van der Waals surface area contributed by atoms with Crippen LogP contribution in [-0.4, -0.2) is 40.6 Å². The molecule has 134 valence electrons. The van der Waals surface area contributed by atoms with Crippen LogP contribution in [0, 0.1) is 0 Å². The number of nitrogens with zero attached hydrogens (tertiary/aromatic N) is 2. The Hall–Kier alpha value is -1.55. The van der Waals surface area contributed by atoms with Crippen LogP contribution in [0.25, 0.3) is 10.2 Å². The fourth-order valence-electron chi connectivity index (χ4n) is 2.88. The zero-order valence-corrected chi connectivity index (χ0v) is 16.4. The number of rotatable bonds is 2. The Bertz CT molecular complexity index is 807. The summed E-state index contributed by atoms with van der Waals surface area (Å²) in [5.41, 5.74) is 0.345. The summed E-state index contributed by atoms with van der Waals surface area (Å²) in [7, 11) is 0. The van der Waals surface area contributed by atoms with Gasteiger partial charge >= 0.3 is 25.0 Å². The van der Waals surface area contributed by atoms with Crippen LogP contribution >= 0.6 is 11.3 Å². The van der Waals surface area contributed by atoms with Gasteiger partial charge in [0, 0.05) is 19.0 Å². The molecule has 26 heavy (non-hydrogen) atoms. The van der Waals surface area contributed by atoms with Gasteiger partial charge < -0.3 is 19.5 Å². The number of carbonyl (C=O) groups excluding carboxylic acids is 2. The first kappa shape index (κ1) is 20.8. The molecule has 8 heteroatoms. The van der Waals surface area contributed by atoms with Crippen LogP contribution in [0.4, 0.5) is 4.79 Å². The van der Waals surface area contributed by atoms with Crippen molar-refractivity contribution in [3.05, 3.63) is 28.8 Å². The van der Waals surface area contributed by atoms with E-state index in [9.17, 15) is 14.7 Å². The number of thiazole rings is 1. The van der Waals surface area contributed by atoms with Crippen LogP contribution in [0.3, 0.4) is 0 Å². The topological polar surface area (TPSA) is 82.6 Å². The van der Waals surface area contributed by atoms with E-state index in [2.05, 4.69) is 4.98 Å². The van der Waals surface area contributed by atoms with Gasteiger partial charge in [-0.1, -0.05) is 6.07 Å². The smallest absolute Gasteiger partial charge is 0.545 e. The summed E-state index contributed by atoms with van der Waals surface area (Å²) in [6, 6.07) is 4.88. The van der Waals surface area contributed by atoms with Crippen molar-refractivity contribution in [2.75, 3.05) is 13.1 Å². The second-order valence-corrected chi connectivity index (χ2v) is 8.33. The first-order chi connectivity index (χ1) is 11.7. The Morgan fingerprint density at radius 1 is 1.27 bits per heavy atom. The fraction of sp³-hybridized carbons (Fsp3) is 0.500. The van der Waals surface area contributed by atoms with E-state index in [1.807, 2.05) is 20.8 Å². The van der Waals surface area contributed by atoms with Gasteiger partial charge in [0.05, 0.1) is 21.2 Å². The molecular weight excluding hydrogens is 347 g/mol. The largest absolute Gasteiger partial charge is 1.00 e. The molecule has 0 radical (unpaired) electrons. The van der Waals surface area contributed by atoms with Crippen molar-refractivity contribution in [1.29, 1.82) is 0 Å². The van der Waals surface area contributed by atoms with Gasteiger partial charge in [-0.15, -0.1) is 11.3 Å². The molecule has 1 fully saturated rings. The van der Waals surface area contributed by atoms with E-state index in [-0.39, 0.29) is 36.4 Å². The van der Waals surface area contributed by atoms with E-state index in [1.165, 1.54) is 0 Å². The number of carbonyl (C=O) groups is 2. The Morgan fingerprint density at radius 3 is 2.50 bits per heavy atom. The van der Waals surface area contributed by atoms with Crippen molar-refractivity contribution in [2.45, 2.75) is 45.1 Å². The molecule has 0 spiro atoms. The van der Waals surface area contributed by atoms with Crippen LogP contribution in [0.15, 0.2) is 18.2 Å². The summed E-state index contributed by atoms with van der Waals surface area (Å²) in [6.07, 6.45) is 1.38. The molecule has 6 nitrogen and oxygen atoms in total. The van der Waals surface area contributed by atoms with Crippen molar-refractivity contribution in [1.82, 2.24) is 9.88 Å². The molecule has 2 aromatic rings. The van der Waals surface area contributed by atoms with E-state index < -0.39 is 11.6 Å². The molecule has 1 aliphatic heterocycles. The normalized spacial score (nSPS) is 15.6. The van der Waals surface area contributed by atoms with Gasteiger partial charge in [-0.05, 0) is 51.3 Å². The number of piperidine rings is 1. The molecule has 0 atom stereocenters. The quantitative estimate of drug-likeness (QED) is 0.685. The third-order valence-electron chi connectivity index (χ3n) is 4.14. The number of carboxylic acids is 1. The van der Waals surface area contributed by atoms with Crippen LogP contribution in [-0.2, 0) is 4.74 Å². The Morgan fingerprint density at radius 2 is 1.92 bits per heavy atom. The maximum absolute atomic E-state index is 12.1. The molecule has 0 bridgehead atoms. The van der Waals surface area contributed by atoms with Crippen molar-refractivity contribution >= 4 is 33.6 Å². The molecule has 1 saturated heterocycles. The third-order valence-corrected chi connectivity index (χ3v) is 5.33. The summed E-state index contributed by atoms with van der Waals surface area (Å²) >= 11 is 1.58. The number of aromatic nitrogens is 1. The Kier molecular flexibility index (Phi) is 6.38. The average molecular weight is 368 g/mol. The summed E-state index contributed by atoms with van der Waals surface area (Å²) in [5, 5.41) is 12.0. The number of aromatic carboxylic acids is 1. The average Bonchev–Trinajstić information content (AvgIpc) is 2.96. The SMILES string of the molecule is CC(C)(C)OC(=O)N1CCC(c2nc3cc(C(=O)[O-])ccc3s2)CC1.[Li+]. The third kappa shape index (κ3) is 4.79. The molecule has 1 aromatic heterocycles. The second-order valence-electron chi connectivity index (χ2n) is 7.26. The van der Waals surface area contributed by atoms with Crippen molar-refractivity contribution < 1.29 is 38.3 Å². The predicted octanol–water partition coefficient (Wildman–Crippen LogP) is -0.222. The number of likely N-dealkylation sites (tertiary alicyclic amines) is 1. The predicted molar refractivity (Wildman–Crippen MR) is 93.7 cm³/mol. The van der Waals surface area contributed by atoms with Crippen LogP contribution in [0.1, 0.15) is 54.9 Å². The van der Waals surface area contributed by atoms with Gasteiger partial charge in [0.25, 0.3) is 0 Å². The summed E-state index contributed by atoms with van der Waals surface area (Å²) in [6.45, 7) is 6.86. The van der Waals surface area contributed by atoms with E-state index in [1.54, 1.807) is 34.4 Å². The minimum Gasteiger partial charge on any atom is -0.545 e. The number of carboxylic acid groups (broad SMARTS) is 1. The van der Waals surface area contributed by atoms with Crippen LogP contribution < -0.4 is 24.0 Å². The van der Waals surface area contributed by atoms with E-state index >= 15 is 0 Å². The Labute approximate surface area is 168 Å². The fourth-order valence-corrected chi connectivity index (χ4v) is 4.00. The molecule has 0 saturated carbocycles. The number of hydrogen-bond donors (Lipinski definition) is 0.